The lowest BCUT2D eigenvalue weighted by Gasteiger charge is -2.39. The van der Waals surface area contributed by atoms with Crippen molar-refractivity contribution in [2.24, 2.45) is 5.92 Å². The molecular weight excluding hydrogens is 456 g/mol. The van der Waals surface area contributed by atoms with Crippen LogP contribution >= 0.6 is 0 Å². The standard InChI is InChI=1S/C28H34N4O4/c1-19-5-4-12-31-17-24(29-26(19)31)18-35-25-8-6-22(7-9-25)27(33)30-13-10-23(11-14-30)28(34)32-15-20(2)36-21(3)16-32/h4-9,12,17,20-21,23H,10-11,13-16,18H2,1-3H3. The number of fused-ring (bicyclic) bond motifs is 1. The molecule has 0 radical (unpaired) electrons. The number of nitrogens with zero attached hydrogens (tertiary/aromatic N) is 4. The van der Waals surface area contributed by atoms with E-state index in [1.54, 1.807) is 12.1 Å². The number of ether oxygens (including phenoxy) is 2. The van der Waals surface area contributed by atoms with Gasteiger partial charge in [0.2, 0.25) is 5.91 Å². The maximum absolute atomic E-state index is 13.0. The van der Waals surface area contributed by atoms with Gasteiger partial charge in [0.15, 0.2) is 0 Å². The zero-order valence-electron chi connectivity index (χ0n) is 21.2. The maximum Gasteiger partial charge on any atom is 0.253 e. The summed E-state index contributed by atoms with van der Waals surface area (Å²) in [7, 11) is 0. The molecule has 0 aliphatic carbocycles. The third kappa shape index (κ3) is 5.23. The number of amides is 2. The molecule has 0 saturated carbocycles. The largest absolute Gasteiger partial charge is 0.487 e. The van der Waals surface area contributed by atoms with Crippen LogP contribution < -0.4 is 4.74 Å². The lowest BCUT2D eigenvalue weighted by Crippen LogP contribution is -2.51. The predicted octanol–water partition coefficient (Wildman–Crippen LogP) is 3.71. The minimum atomic E-state index is -0.0225. The molecule has 8 nitrogen and oxygen atoms in total. The average Bonchev–Trinajstić information content (AvgIpc) is 3.31. The van der Waals surface area contributed by atoms with Crippen molar-refractivity contribution in [2.45, 2.75) is 52.4 Å². The van der Waals surface area contributed by atoms with Gasteiger partial charge in [-0.25, -0.2) is 4.98 Å². The molecule has 190 valence electrons. The minimum absolute atomic E-state index is 0.00288. The summed E-state index contributed by atoms with van der Waals surface area (Å²) in [4.78, 5) is 34.5. The van der Waals surface area contributed by atoms with Crippen molar-refractivity contribution in [3.05, 3.63) is 65.6 Å². The van der Waals surface area contributed by atoms with Gasteiger partial charge in [0.25, 0.3) is 5.91 Å². The number of pyridine rings is 1. The fourth-order valence-electron chi connectivity index (χ4n) is 5.25. The fraction of sp³-hybridized carbons (Fsp3) is 0.464. The number of aromatic nitrogens is 2. The summed E-state index contributed by atoms with van der Waals surface area (Å²) >= 11 is 0. The van der Waals surface area contributed by atoms with E-state index in [1.807, 2.05) is 71.6 Å². The molecule has 2 fully saturated rings. The van der Waals surface area contributed by atoms with Gasteiger partial charge in [-0.2, -0.15) is 0 Å². The van der Waals surface area contributed by atoms with E-state index < -0.39 is 0 Å². The molecule has 0 spiro atoms. The van der Waals surface area contributed by atoms with Crippen LogP contribution in [0.3, 0.4) is 0 Å². The summed E-state index contributed by atoms with van der Waals surface area (Å²) in [5, 5.41) is 0. The van der Waals surface area contributed by atoms with Crippen molar-refractivity contribution >= 4 is 17.5 Å². The number of hydrogen-bond acceptors (Lipinski definition) is 5. The second-order valence-electron chi connectivity index (χ2n) is 10.0. The van der Waals surface area contributed by atoms with Gasteiger partial charge in [-0.05, 0) is 69.5 Å². The van der Waals surface area contributed by atoms with Crippen LogP contribution in [0.25, 0.3) is 5.65 Å². The molecule has 2 unspecified atom stereocenters. The number of benzene rings is 1. The number of piperidine rings is 1. The first-order valence-electron chi connectivity index (χ1n) is 12.8. The summed E-state index contributed by atoms with van der Waals surface area (Å²) in [6, 6.07) is 11.3. The van der Waals surface area contributed by atoms with Crippen LogP contribution in [0.15, 0.2) is 48.8 Å². The topological polar surface area (TPSA) is 76.4 Å². The van der Waals surface area contributed by atoms with E-state index in [1.165, 1.54) is 0 Å². The first-order chi connectivity index (χ1) is 17.4. The van der Waals surface area contributed by atoms with Crippen molar-refractivity contribution < 1.29 is 19.1 Å². The molecule has 2 atom stereocenters. The number of carbonyl (C=O) groups excluding carboxylic acids is 2. The third-order valence-corrected chi connectivity index (χ3v) is 7.08. The molecule has 0 bridgehead atoms. The molecule has 2 amide bonds. The first-order valence-corrected chi connectivity index (χ1v) is 12.8. The number of likely N-dealkylation sites (tertiary alicyclic amines) is 1. The Morgan fingerprint density at radius 1 is 1.03 bits per heavy atom. The molecule has 5 rings (SSSR count). The Labute approximate surface area is 211 Å². The van der Waals surface area contributed by atoms with E-state index in [4.69, 9.17) is 9.47 Å². The summed E-state index contributed by atoms with van der Waals surface area (Å²) in [6.07, 6.45) is 5.47. The van der Waals surface area contributed by atoms with Gasteiger partial charge in [0, 0.05) is 50.1 Å². The Morgan fingerprint density at radius 2 is 1.72 bits per heavy atom. The summed E-state index contributed by atoms with van der Waals surface area (Å²) in [5.41, 5.74) is 3.52. The van der Waals surface area contributed by atoms with Crippen LogP contribution in [0.2, 0.25) is 0 Å². The second kappa shape index (κ2) is 10.3. The molecule has 2 saturated heterocycles. The molecule has 1 aromatic carbocycles. The number of morpholine rings is 1. The van der Waals surface area contributed by atoms with E-state index in [9.17, 15) is 9.59 Å². The Balaban J connectivity index is 1.13. The fourth-order valence-corrected chi connectivity index (χ4v) is 5.25. The molecule has 8 heteroatoms. The van der Waals surface area contributed by atoms with Gasteiger partial charge in [0.05, 0.1) is 17.9 Å². The molecule has 2 aliphatic heterocycles. The highest BCUT2D eigenvalue weighted by molar-refractivity contribution is 5.94. The Bertz CT molecular complexity index is 1220. The number of aryl methyl sites for hydroxylation is 1. The molecule has 3 aromatic rings. The van der Waals surface area contributed by atoms with Crippen molar-refractivity contribution in [3.63, 3.8) is 0 Å². The van der Waals surface area contributed by atoms with Gasteiger partial charge in [0.1, 0.15) is 18.0 Å². The minimum Gasteiger partial charge on any atom is -0.487 e. The van der Waals surface area contributed by atoms with E-state index in [0.717, 1.165) is 16.9 Å². The molecular formula is C28H34N4O4. The van der Waals surface area contributed by atoms with Crippen molar-refractivity contribution in [1.82, 2.24) is 19.2 Å². The van der Waals surface area contributed by atoms with E-state index in [-0.39, 0.29) is 29.9 Å². The van der Waals surface area contributed by atoms with E-state index in [2.05, 4.69) is 4.98 Å². The first kappa shape index (κ1) is 24.3. The lowest BCUT2D eigenvalue weighted by molar-refractivity contribution is -0.148. The van der Waals surface area contributed by atoms with E-state index >= 15 is 0 Å². The smallest absolute Gasteiger partial charge is 0.253 e. The SMILES string of the molecule is Cc1cccn2cc(COc3ccc(C(=O)N4CCC(C(=O)N5CC(C)OC(C)C5)CC4)cc3)nc12. The number of rotatable bonds is 5. The Kier molecular flexibility index (Phi) is 6.96. The van der Waals surface area contributed by atoms with Crippen molar-refractivity contribution in [2.75, 3.05) is 26.2 Å². The highest BCUT2D eigenvalue weighted by atomic mass is 16.5. The van der Waals surface area contributed by atoms with Gasteiger partial charge < -0.3 is 23.7 Å². The van der Waals surface area contributed by atoms with Gasteiger partial charge in [-0.1, -0.05) is 6.07 Å². The summed E-state index contributed by atoms with van der Waals surface area (Å²) in [6.45, 7) is 8.89. The van der Waals surface area contributed by atoms with Crippen LogP contribution in [-0.4, -0.2) is 69.4 Å². The van der Waals surface area contributed by atoms with Gasteiger partial charge in [-0.15, -0.1) is 0 Å². The zero-order valence-corrected chi connectivity index (χ0v) is 21.2. The highest BCUT2D eigenvalue weighted by Crippen LogP contribution is 2.24. The van der Waals surface area contributed by atoms with Crippen LogP contribution in [0.1, 0.15) is 48.3 Å². The predicted molar refractivity (Wildman–Crippen MR) is 136 cm³/mol. The molecule has 4 heterocycles. The van der Waals surface area contributed by atoms with Gasteiger partial charge >= 0.3 is 0 Å². The zero-order chi connectivity index (χ0) is 25.2. The molecule has 0 N–H and O–H groups in total. The second-order valence-corrected chi connectivity index (χ2v) is 10.0. The molecule has 2 aliphatic rings. The maximum atomic E-state index is 13.0. The number of carbonyl (C=O) groups is 2. The number of hydrogen-bond donors (Lipinski definition) is 0. The van der Waals surface area contributed by atoms with Gasteiger partial charge in [-0.3, -0.25) is 9.59 Å². The molecule has 2 aromatic heterocycles. The number of imidazole rings is 1. The van der Waals surface area contributed by atoms with E-state index in [0.29, 0.717) is 56.9 Å². The van der Waals surface area contributed by atoms with Crippen LogP contribution in [0.4, 0.5) is 0 Å². The van der Waals surface area contributed by atoms with Crippen LogP contribution in [0.5, 0.6) is 5.75 Å². The third-order valence-electron chi connectivity index (χ3n) is 7.08. The Morgan fingerprint density at radius 3 is 2.39 bits per heavy atom. The van der Waals surface area contributed by atoms with Crippen LogP contribution in [0, 0.1) is 12.8 Å². The quantitative estimate of drug-likeness (QED) is 0.545. The van der Waals surface area contributed by atoms with Crippen molar-refractivity contribution in [1.29, 1.82) is 0 Å². The highest BCUT2D eigenvalue weighted by Gasteiger charge is 2.33. The van der Waals surface area contributed by atoms with Crippen molar-refractivity contribution in [3.8, 4) is 5.75 Å². The Hall–Kier alpha value is -3.39. The monoisotopic (exact) mass is 490 g/mol. The molecule has 36 heavy (non-hydrogen) atoms. The normalized spacial score (nSPS) is 21.1. The lowest BCUT2D eigenvalue weighted by atomic mass is 9.94. The summed E-state index contributed by atoms with van der Waals surface area (Å²) < 4.78 is 13.7. The average molecular weight is 491 g/mol. The van der Waals surface area contributed by atoms with Crippen LogP contribution in [-0.2, 0) is 16.1 Å². The summed E-state index contributed by atoms with van der Waals surface area (Å²) in [5.74, 6) is 0.868.